The van der Waals surface area contributed by atoms with Crippen molar-refractivity contribution in [2.45, 2.75) is 31.7 Å². The van der Waals surface area contributed by atoms with Gasteiger partial charge in [-0.15, -0.1) is 0 Å². The summed E-state index contributed by atoms with van der Waals surface area (Å²) in [6, 6.07) is 21.4. The number of nitriles is 2. The predicted octanol–water partition coefficient (Wildman–Crippen LogP) is 5.98. The molecule has 16 heteroatoms. The van der Waals surface area contributed by atoms with E-state index in [2.05, 4.69) is 20.9 Å². The molecule has 0 spiro atoms. The van der Waals surface area contributed by atoms with Gasteiger partial charge in [0.1, 0.15) is 42.2 Å². The normalized spacial score (nSPS) is 13.5. The third-order valence-electron chi connectivity index (χ3n) is 9.12. The SMILES string of the molecule is CC(O)(COc1ccc(C#N)cc1)C(=O)Nc1cc(OCCOCCNCc2ccc(-c3[nH]c4cc(F)cc5c4c3CCNC5=O)cc2)c(C#N)c(C(F)(F)F)c1. The number of amides is 2. The molecular weight excluding hydrogens is 748 g/mol. The van der Waals surface area contributed by atoms with Gasteiger partial charge in [-0.25, -0.2) is 4.39 Å². The summed E-state index contributed by atoms with van der Waals surface area (Å²) in [7, 11) is 0. The van der Waals surface area contributed by atoms with Crippen LogP contribution in [0.3, 0.4) is 0 Å². The molecule has 1 atom stereocenters. The molecule has 0 saturated heterocycles. The Bertz CT molecular complexity index is 2360. The van der Waals surface area contributed by atoms with Crippen LogP contribution in [0.2, 0.25) is 0 Å². The van der Waals surface area contributed by atoms with Gasteiger partial charge in [0.25, 0.3) is 11.8 Å². The molecule has 1 unspecified atom stereocenters. The molecule has 12 nitrogen and oxygen atoms in total. The minimum Gasteiger partial charge on any atom is -0.490 e. The maximum Gasteiger partial charge on any atom is 0.417 e. The van der Waals surface area contributed by atoms with Crippen LogP contribution in [0.4, 0.5) is 23.2 Å². The van der Waals surface area contributed by atoms with Crippen LogP contribution in [0.15, 0.2) is 72.8 Å². The number of benzene rings is 4. The van der Waals surface area contributed by atoms with Gasteiger partial charge >= 0.3 is 6.18 Å². The summed E-state index contributed by atoms with van der Waals surface area (Å²) in [6.07, 6.45) is -4.37. The molecular formula is C41H36F4N6O6. The van der Waals surface area contributed by atoms with Gasteiger partial charge in [0.15, 0.2) is 5.60 Å². The summed E-state index contributed by atoms with van der Waals surface area (Å²) in [4.78, 5) is 28.7. The van der Waals surface area contributed by atoms with Crippen LogP contribution in [-0.2, 0) is 28.7 Å². The number of hydrogen-bond donors (Lipinski definition) is 5. The number of aliphatic hydroxyl groups is 1. The van der Waals surface area contributed by atoms with Crippen molar-refractivity contribution in [3.8, 4) is 34.9 Å². The van der Waals surface area contributed by atoms with Gasteiger partial charge < -0.3 is 40.3 Å². The highest BCUT2D eigenvalue weighted by molar-refractivity contribution is 6.10. The number of rotatable bonds is 15. The molecule has 0 fully saturated rings. The van der Waals surface area contributed by atoms with Crippen LogP contribution >= 0.6 is 0 Å². The molecule has 5 aromatic rings. The monoisotopic (exact) mass is 784 g/mol. The number of hydrogen-bond acceptors (Lipinski definition) is 9. The number of H-pyrrole nitrogens is 1. The molecule has 0 bridgehead atoms. The zero-order chi connectivity index (χ0) is 40.7. The van der Waals surface area contributed by atoms with E-state index >= 15 is 0 Å². The summed E-state index contributed by atoms with van der Waals surface area (Å²) < 4.78 is 72.7. The largest absolute Gasteiger partial charge is 0.490 e. The van der Waals surface area contributed by atoms with Crippen molar-refractivity contribution >= 4 is 28.4 Å². The van der Waals surface area contributed by atoms with E-state index in [0.717, 1.165) is 40.8 Å². The number of alkyl halides is 3. The molecule has 0 aliphatic carbocycles. The van der Waals surface area contributed by atoms with Crippen LogP contribution in [0.25, 0.3) is 22.2 Å². The van der Waals surface area contributed by atoms with Crippen molar-refractivity contribution in [1.82, 2.24) is 15.6 Å². The lowest BCUT2D eigenvalue weighted by molar-refractivity contribution is -0.138. The Morgan fingerprint density at radius 3 is 2.42 bits per heavy atom. The second-order valence-electron chi connectivity index (χ2n) is 13.4. The first-order chi connectivity index (χ1) is 27.3. The fraction of sp³-hybridized carbons (Fsp3) is 0.268. The van der Waals surface area contributed by atoms with Crippen LogP contribution in [0, 0.1) is 28.5 Å². The molecule has 2 heterocycles. The van der Waals surface area contributed by atoms with E-state index in [1.165, 1.54) is 42.5 Å². The smallest absolute Gasteiger partial charge is 0.417 e. The highest BCUT2D eigenvalue weighted by Gasteiger charge is 2.37. The third kappa shape index (κ3) is 9.50. The Balaban J connectivity index is 0.988. The van der Waals surface area contributed by atoms with Gasteiger partial charge in [-0.2, -0.15) is 23.7 Å². The fourth-order valence-corrected chi connectivity index (χ4v) is 6.24. The average molecular weight is 785 g/mol. The van der Waals surface area contributed by atoms with Crippen molar-refractivity contribution in [3.05, 3.63) is 112 Å². The lowest BCUT2D eigenvalue weighted by Gasteiger charge is -2.23. The summed E-state index contributed by atoms with van der Waals surface area (Å²) >= 11 is 0. The van der Waals surface area contributed by atoms with Gasteiger partial charge in [0.05, 0.1) is 36.0 Å². The molecule has 57 heavy (non-hydrogen) atoms. The lowest BCUT2D eigenvalue weighted by atomic mass is 9.99. The zero-order valence-corrected chi connectivity index (χ0v) is 30.5. The van der Waals surface area contributed by atoms with E-state index < -0.39 is 47.0 Å². The van der Waals surface area contributed by atoms with Crippen molar-refractivity contribution < 1.29 is 46.5 Å². The lowest BCUT2D eigenvalue weighted by Crippen LogP contribution is -2.45. The minimum absolute atomic E-state index is 0.0276. The second-order valence-corrected chi connectivity index (χ2v) is 13.4. The van der Waals surface area contributed by atoms with Crippen LogP contribution in [0.1, 0.15) is 45.1 Å². The van der Waals surface area contributed by atoms with Crippen molar-refractivity contribution in [2.75, 3.05) is 44.8 Å². The number of aromatic nitrogens is 1. The number of anilines is 1. The molecule has 5 N–H and O–H groups in total. The molecule has 2 amide bonds. The van der Waals surface area contributed by atoms with Crippen molar-refractivity contribution in [1.29, 1.82) is 10.5 Å². The highest BCUT2D eigenvalue weighted by Crippen LogP contribution is 2.39. The van der Waals surface area contributed by atoms with E-state index in [1.54, 1.807) is 0 Å². The summed E-state index contributed by atoms with van der Waals surface area (Å²) in [5.41, 5.74) is 0.199. The second kappa shape index (κ2) is 17.1. The first-order valence-corrected chi connectivity index (χ1v) is 17.7. The van der Waals surface area contributed by atoms with E-state index in [4.69, 9.17) is 19.5 Å². The van der Waals surface area contributed by atoms with Crippen LogP contribution in [-0.4, -0.2) is 67.0 Å². The molecule has 0 radical (unpaired) electrons. The maximum absolute atomic E-state index is 14.2. The maximum atomic E-state index is 14.2. The van der Waals surface area contributed by atoms with E-state index in [9.17, 15) is 37.5 Å². The molecule has 1 aromatic heterocycles. The Kier molecular flexibility index (Phi) is 12.1. The van der Waals surface area contributed by atoms with Crippen LogP contribution in [0.5, 0.6) is 11.5 Å². The van der Waals surface area contributed by atoms with Crippen LogP contribution < -0.4 is 25.4 Å². The average Bonchev–Trinajstić information content (AvgIpc) is 3.46. The number of carbonyl (C=O) groups excluding carboxylic acids is 2. The molecule has 4 aromatic carbocycles. The third-order valence-corrected chi connectivity index (χ3v) is 9.12. The van der Waals surface area contributed by atoms with E-state index in [-0.39, 0.29) is 37.2 Å². The van der Waals surface area contributed by atoms with Gasteiger partial charge in [0.2, 0.25) is 0 Å². The standard InChI is InChI=1S/C41H36F4N6O6/c1-40(54,23-57-29-8-4-24(20-46)5-9-29)39(53)50-28-18-33(41(43,44)45)32(21-47)35(19-28)56-15-14-55-13-12-48-22-25-2-6-26(7-3-25)37-30-10-11-49-38(52)31-16-27(42)17-34(51-37)36(30)31/h2-9,16-19,48,51,54H,10-15,22-23H2,1H3,(H,49,52)(H,50,53). The summed E-state index contributed by atoms with van der Waals surface area (Å²) in [5, 5.41) is 38.2. The van der Waals surface area contributed by atoms with Gasteiger partial charge in [-0.05, 0) is 72.5 Å². The molecule has 1 aliphatic rings. The molecule has 6 rings (SSSR count). The van der Waals surface area contributed by atoms with E-state index in [0.29, 0.717) is 48.8 Å². The Morgan fingerprint density at radius 1 is 0.965 bits per heavy atom. The number of ether oxygens (including phenoxy) is 3. The Labute approximate surface area is 324 Å². The van der Waals surface area contributed by atoms with Gasteiger partial charge in [0, 0.05) is 48.0 Å². The topological polar surface area (TPSA) is 182 Å². The number of carbonyl (C=O) groups is 2. The first kappa shape index (κ1) is 40.2. The van der Waals surface area contributed by atoms with Crippen molar-refractivity contribution in [3.63, 3.8) is 0 Å². The number of nitrogens with one attached hydrogen (secondary N) is 4. The molecule has 1 aliphatic heterocycles. The molecule has 294 valence electrons. The zero-order valence-electron chi connectivity index (χ0n) is 30.5. The molecule has 0 saturated carbocycles. The highest BCUT2D eigenvalue weighted by atomic mass is 19.4. The summed E-state index contributed by atoms with van der Waals surface area (Å²) in [5.74, 6) is -2.07. The quantitative estimate of drug-likeness (QED) is 0.0631. The van der Waals surface area contributed by atoms with Gasteiger partial charge in [-0.3, -0.25) is 9.59 Å². The van der Waals surface area contributed by atoms with Gasteiger partial charge in [-0.1, -0.05) is 24.3 Å². The Hall–Kier alpha value is -6.46. The summed E-state index contributed by atoms with van der Waals surface area (Å²) in [6.45, 7) is 1.92. The Morgan fingerprint density at radius 2 is 1.72 bits per heavy atom. The fourth-order valence-electron chi connectivity index (χ4n) is 6.24. The predicted molar refractivity (Wildman–Crippen MR) is 200 cm³/mol. The minimum atomic E-state index is -4.97. The first-order valence-electron chi connectivity index (χ1n) is 17.7. The number of nitrogens with zero attached hydrogens (tertiary/aromatic N) is 2. The van der Waals surface area contributed by atoms with E-state index in [1.807, 2.05) is 30.3 Å². The van der Waals surface area contributed by atoms with Crippen molar-refractivity contribution in [2.24, 2.45) is 0 Å². The number of aromatic amines is 1. The number of halogens is 4.